The zero-order valence-corrected chi connectivity index (χ0v) is 17.4. The summed E-state index contributed by atoms with van der Waals surface area (Å²) in [5.41, 5.74) is -9.68. The average molecular weight is 464 g/mol. The summed E-state index contributed by atoms with van der Waals surface area (Å²) in [5.74, 6) is 0. The van der Waals surface area contributed by atoms with Gasteiger partial charge in [-0.05, 0) is 23.2 Å². The van der Waals surface area contributed by atoms with E-state index < -0.39 is 102 Å². The lowest BCUT2D eigenvalue weighted by molar-refractivity contribution is 1.24. The molecule has 0 unspecified atom stereocenters. The Morgan fingerprint density at radius 1 is 0.750 bits per heavy atom. The highest BCUT2D eigenvalue weighted by Gasteiger charge is 2.22. The summed E-state index contributed by atoms with van der Waals surface area (Å²) in [6.45, 7) is 29.3. The predicted octanol–water partition coefficient (Wildman–Crippen LogP) is 2.35. The molecule has 36 heavy (non-hydrogen) atoms. The fourth-order valence-corrected chi connectivity index (χ4v) is 3.13. The molecular weight excluding hydrogens is 456 g/mol. The van der Waals surface area contributed by atoms with Crippen LogP contribution < -0.4 is 21.3 Å². The summed E-state index contributed by atoms with van der Waals surface area (Å²) in [6.07, 6.45) is 0. The molecule has 3 aromatic carbocycles. The van der Waals surface area contributed by atoms with Crippen LogP contribution in [0.1, 0.15) is 33.3 Å². The van der Waals surface area contributed by atoms with E-state index >= 15 is 0 Å². The molecule has 10 nitrogen and oxygen atoms in total. The third-order valence-corrected chi connectivity index (χ3v) is 4.71. The molecule has 0 radical (unpaired) electrons. The summed E-state index contributed by atoms with van der Waals surface area (Å²) in [6, 6.07) is 2.71. The number of benzene rings is 2. The van der Waals surface area contributed by atoms with Gasteiger partial charge in [0.2, 0.25) is 17.1 Å². The van der Waals surface area contributed by atoms with Crippen LogP contribution in [0.3, 0.4) is 0 Å². The Morgan fingerprint density at radius 2 is 1.33 bits per heavy atom. The van der Waals surface area contributed by atoms with Crippen molar-refractivity contribution < 1.29 is 5.48 Å². The molecule has 10 heteroatoms. The van der Waals surface area contributed by atoms with Crippen LogP contribution in [0.2, 0.25) is 0 Å². The lowest BCUT2D eigenvalue weighted by Gasteiger charge is -2.07. The van der Waals surface area contributed by atoms with E-state index in [2.05, 4.69) is 19.4 Å². The van der Waals surface area contributed by atoms with Gasteiger partial charge in [0.05, 0.1) is 74.4 Å². The number of nitrogens with zero attached hydrogens (tertiary/aromatic N) is 8. The van der Waals surface area contributed by atoms with Gasteiger partial charge in [-0.15, -0.1) is 0 Å². The van der Waals surface area contributed by atoms with Crippen LogP contribution in [0.25, 0.3) is 30.7 Å². The lowest BCUT2D eigenvalue weighted by atomic mass is 9.95. The van der Waals surface area contributed by atoms with Gasteiger partial charge < -0.3 is 0 Å². The van der Waals surface area contributed by atoms with Crippen molar-refractivity contribution in [1.29, 1.82) is 21.0 Å². The summed E-state index contributed by atoms with van der Waals surface area (Å²) < 4.78 is 33.0. The molecule has 0 fully saturated rings. The van der Waals surface area contributed by atoms with Crippen LogP contribution in [0.5, 0.6) is 0 Å². The minimum atomic E-state index is -1.27. The fraction of sp³-hybridized carbons (Fsp3) is 0. The van der Waals surface area contributed by atoms with Crippen molar-refractivity contribution in [2.75, 3.05) is 0 Å². The van der Waals surface area contributed by atoms with Gasteiger partial charge >= 0.3 is 0 Å². The number of hydrogen-bond donors (Lipinski definition) is 0. The minimum Gasteiger partial charge on any atom is -0.290 e. The maximum atomic E-state index is 13.2. The first kappa shape index (κ1) is 18.7. The van der Waals surface area contributed by atoms with Crippen LogP contribution in [-0.4, -0.2) is 0 Å². The molecule has 3 rings (SSSR count). The third kappa shape index (κ3) is 3.48. The highest BCUT2D eigenvalue weighted by Crippen LogP contribution is 2.34. The first-order valence-corrected chi connectivity index (χ1v) is 9.09. The van der Waals surface area contributed by atoms with Crippen molar-refractivity contribution in [3.8, 4) is 24.3 Å². The van der Waals surface area contributed by atoms with Gasteiger partial charge in [-0.3, -0.25) is 14.4 Å². The van der Waals surface area contributed by atoms with E-state index in [1.165, 1.54) is 12.1 Å². The maximum absolute atomic E-state index is 13.2. The molecule has 0 bridgehead atoms. The Hall–Kier alpha value is -6.82. The smallest absolute Gasteiger partial charge is 0.211 e. The van der Waals surface area contributed by atoms with Crippen molar-refractivity contribution in [2.24, 2.45) is 0 Å². The summed E-state index contributed by atoms with van der Waals surface area (Å²) in [5, 5.41) is 36.2. The second kappa shape index (κ2) is 9.35. The molecule has 0 atom stereocenters. The molecule has 0 N–H and O–H groups in total. The second-order valence-electron chi connectivity index (χ2n) is 6.45. The fourth-order valence-electron chi connectivity index (χ4n) is 3.13. The van der Waals surface area contributed by atoms with Gasteiger partial charge in [0.25, 0.3) is 0 Å². The topological polar surface area (TPSA) is 147 Å². The Labute approximate surface area is 208 Å². The van der Waals surface area contributed by atoms with Crippen molar-refractivity contribution in [3.05, 3.63) is 129 Å². The van der Waals surface area contributed by atoms with Crippen molar-refractivity contribution in [3.63, 3.8) is 0 Å². The molecule has 0 amide bonds. The predicted molar refractivity (Wildman–Crippen MR) is 124 cm³/mol. The molecule has 0 aliphatic carbocycles. The van der Waals surface area contributed by atoms with Gasteiger partial charge in [0, 0.05) is 8.30 Å². The quantitative estimate of drug-likeness (QED) is 0.532. The summed E-state index contributed by atoms with van der Waals surface area (Å²) in [4.78, 5) is 38.5. The highest BCUT2D eigenvalue weighted by molar-refractivity contribution is 5.86. The zero-order valence-electron chi connectivity index (χ0n) is 21.4. The van der Waals surface area contributed by atoms with E-state index in [0.29, 0.717) is 0 Å². The van der Waals surface area contributed by atoms with Crippen LogP contribution in [0.15, 0.2) is 33.8 Å². The molecule has 0 aromatic heterocycles. The monoisotopic (exact) mass is 464 g/mol. The zero-order chi connectivity index (χ0) is 30.0. The van der Waals surface area contributed by atoms with E-state index in [9.17, 15) is 30.6 Å². The van der Waals surface area contributed by atoms with Crippen molar-refractivity contribution >= 4 is 28.3 Å². The van der Waals surface area contributed by atoms with Crippen molar-refractivity contribution in [1.82, 2.24) is 0 Å². The number of rotatable bonds is 2. The molecule has 0 heterocycles. The second-order valence-corrected chi connectivity index (χ2v) is 6.45. The van der Waals surface area contributed by atoms with E-state index in [1.807, 2.05) is 0 Å². The molecule has 0 spiro atoms. The van der Waals surface area contributed by atoms with Crippen LogP contribution in [0, 0.1) is 71.6 Å². The normalized spacial score (nSPS) is 10.7. The average Bonchev–Trinajstić information content (AvgIpc) is 2.95. The van der Waals surface area contributed by atoms with E-state index in [0.717, 1.165) is 0 Å². The minimum absolute atomic E-state index is 0.595. The third-order valence-electron chi connectivity index (χ3n) is 4.71. The molecule has 0 saturated carbocycles. The Balaban J connectivity index is 2.66. The molecule has 0 aliphatic heterocycles. The molecule has 3 aromatic rings. The highest BCUT2D eigenvalue weighted by atomic mass is 16.1. The Morgan fingerprint density at radius 3 is 1.81 bits per heavy atom. The van der Waals surface area contributed by atoms with Crippen LogP contribution in [-0.2, 0) is 0 Å². The number of nitriles is 4. The Bertz CT molecular complexity index is 2020. The summed E-state index contributed by atoms with van der Waals surface area (Å²) in [7, 11) is 0. The first-order chi connectivity index (χ1) is 19.1. The van der Waals surface area contributed by atoms with E-state index in [1.54, 1.807) is 12.1 Å². The molecule has 160 valence electrons. The van der Waals surface area contributed by atoms with Gasteiger partial charge in [-0.25, -0.2) is 14.5 Å². The van der Waals surface area contributed by atoms with Crippen molar-refractivity contribution in [2.45, 2.75) is 0 Å². The number of hydrogen-bond acceptors (Lipinski definition) is 6. The van der Waals surface area contributed by atoms with Gasteiger partial charge in [0.1, 0.15) is 6.07 Å². The van der Waals surface area contributed by atoms with Gasteiger partial charge in [-0.2, -0.15) is 21.0 Å². The first-order valence-electron chi connectivity index (χ1n) is 11.1. The van der Waals surface area contributed by atoms with Crippen LogP contribution in [0.4, 0.5) is 17.1 Å². The summed E-state index contributed by atoms with van der Waals surface area (Å²) >= 11 is 0. The molecule has 0 saturated heterocycles. The molecule has 0 aliphatic rings. The van der Waals surface area contributed by atoms with E-state index in [4.69, 9.17) is 31.8 Å². The van der Waals surface area contributed by atoms with Crippen LogP contribution >= 0.6 is 0 Å². The standard InChI is InChI=1S/C26H4N8O2/c1-31-19-8-14(6-15(9-27)17(19)11-29)24(34-4)22-25(35)21(26(22)36)18(12-30)13-5-16(10-28)23(33-3)20(7-13)32-2/h5-8H/i5D,6D,7D,8D. The Kier molecular flexibility index (Phi) is 4.86. The van der Waals surface area contributed by atoms with Gasteiger partial charge in [0.15, 0.2) is 16.5 Å². The SMILES string of the molecule is [2H]c1c(C#N)c(C#N)c([N+]#[C-])c([2H])c1C([N+]#[C-])=c1c(=O)c(=C(C#N)c2c([2H])c(C#N)c([N+]#[C-])c([N+]#[C-])c2[2H])c1=O. The van der Waals surface area contributed by atoms with Gasteiger partial charge in [-0.1, -0.05) is 12.1 Å². The van der Waals surface area contributed by atoms with E-state index in [-0.39, 0.29) is 0 Å². The largest absolute Gasteiger partial charge is 0.290 e. The maximum Gasteiger partial charge on any atom is 0.211 e. The lowest BCUT2D eigenvalue weighted by Crippen LogP contribution is -2.66. The molecular formula is C26H4N8O2.